The number of rotatable bonds is 4. The maximum atomic E-state index is 7.88. The summed E-state index contributed by atoms with van der Waals surface area (Å²) in [6, 6.07) is 5.99. The zero-order valence-corrected chi connectivity index (χ0v) is 13.1. The van der Waals surface area contributed by atoms with Crippen LogP contribution in [0.25, 0.3) is 10.9 Å². The van der Waals surface area contributed by atoms with E-state index in [1.54, 1.807) is 7.11 Å². The van der Waals surface area contributed by atoms with Crippen LogP contribution >= 0.6 is 12.4 Å². The average Bonchev–Trinajstić information content (AvgIpc) is 2.64. The second-order valence-electron chi connectivity index (χ2n) is 4.91. The predicted octanol–water partition coefficient (Wildman–Crippen LogP) is 3.55. The van der Waals surface area contributed by atoms with Crippen molar-refractivity contribution in [3.8, 4) is 5.75 Å². The van der Waals surface area contributed by atoms with Gasteiger partial charge in [0.1, 0.15) is 5.75 Å². The standard InChI is InChI=1S/C15H20N2O2.ClH/c1-10(2)19-15(16)7-11-9-17(3)14-6-5-12(18-4)8-13(11)14;/h5-6,8-10,16H,7H2,1-4H3;1H. The summed E-state index contributed by atoms with van der Waals surface area (Å²) in [6.45, 7) is 3.86. The summed E-state index contributed by atoms with van der Waals surface area (Å²) >= 11 is 0. The molecule has 1 heterocycles. The van der Waals surface area contributed by atoms with Gasteiger partial charge in [0.2, 0.25) is 0 Å². The molecule has 0 saturated heterocycles. The SMILES string of the molecule is COc1ccc2c(c1)c(CC(=N)OC(C)C)cn2C.Cl. The third kappa shape index (κ3) is 3.45. The summed E-state index contributed by atoms with van der Waals surface area (Å²) < 4.78 is 12.7. The van der Waals surface area contributed by atoms with E-state index in [1.807, 2.05) is 45.3 Å². The topological polar surface area (TPSA) is 47.2 Å². The van der Waals surface area contributed by atoms with E-state index in [2.05, 4.69) is 4.57 Å². The Morgan fingerprint density at radius 3 is 2.65 bits per heavy atom. The Kier molecular flexibility index (Phi) is 5.45. The van der Waals surface area contributed by atoms with Crippen molar-refractivity contribution in [3.05, 3.63) is 30.0 Å². The van der Waals surface area contributed by atoms with Gasteiger partial charge in [0.05, 0.1) is 19.6 Å². The number of fused-ring (bicyclic) bond motifs is 1. The van der Waals surface area contributed by atoms with E-state index in [0.29, 0.717) is 12.3 Å². The Hall–Kier alpha value is -1.68. The third-order valence-corrected chi connectivity index (χ3v) is 3.01. The summed E-state index contributed by atoms with van der Waals surface area (Å²) in [7, 11) is 3.67. The highest BCUT2D eigenvalue weighted by molar-refractivity contribution is 5.89. The normalized spacial score (nSPS) is 10.4. The van der Waals surface area contributed by atoms with E-state index in [4.69, 9.17) is 14.9 Å². The first kappa shape index (κ1) is 16.4. The molecular weight excluding hydrogens is 276 g/mol. The van der Waals surface area contributed by atoms with E-state index in [0.717, 1.165) is 22.2 Å². The first-order valence-corrected chi connectivity index (χ1v) is 6.37. The molecule has 0 aliphatic rings. The number of hydrogen-bond acceptors (Lipinski definition) is 3. The molecule has 0 unspecified atom stereocenters. The molecule has 0 fully saturated rings. The van der Waals surface area contributed by atoms with Gasteiger partial charge < -0.3 is 14.0 Å². The van der Waals surface area contributed by atoms with Crippen LogP contribution in [0, 0.1) is 5.41 Å². The molecule has 0 bridgehead atoms. The van der Waals surface area contributed by atoms with Crippen LogP contribution in [0.1, 0.15) is 19.4 Å². The Bertz CT molecular complexity index is 605. The van der Waals surface area contributed by atoms with Gasteiger partial charge in [-0.05, 0) is 37.6 Å². The lowest BCUT2D eigenvalue weighted by atomic mass is 10.1. The number of nitrogens with one attached hydrogen (secondary N) is 1. The number of methoxy groups -OCH3 is 1. The molecule has 1 N–H and O–H groups in total. The van der Waals surface area contributed by atoms with Crippen LogP contribution in [0.15, 0.2) is 24.4 Å². The Balaban J connectivity index is 0.00000200. The minimum atomic E-state index is 0. The second kappa shape index (κ2) is 6.66. The van der Waals surface area contributed by atoms with Crippen molar-refractivity contribution >= 4 is 29.2 Å². The van der Waals surface area contributed by atoms with E-state index in [-0.39, 0.29) is 18.5 Å². The average molecular weight is 297 g/mol. The largest absolute Gasteiger partial charge is 0.497 e. The molecule has 20 heavy (non-hydrogen) atoms. The number of aromatic nitrogens is 1. The van der Waals surface area contributed by atoms with E-state index in [1.165, 1.54) is 0 Å². The van der Waals surface area contributed by atoms with Gasteiger partial charge in [0, 0.05) is 24.1 Å². The second-order valence-corrected chi connectivity index (χ2v) is 4.91. The van der Waals surface area contributed by atoms with Gasteiger partial charge in [-0.2, -0.15) is 0 Å². The zero-order chi connectivity index (χ0) is 14.0. The number of ether oxygens (including phenoxy) is 2. The van der Waals surface area contributed by atoms with Gasteiger partial charge in [-0.3, -0.25) is 5.41 Å². The first-order chi connectivity index (χ1) is 9.01. The molecule has 1 aromatic carbocycles. The highest BCUT2D eigenvalue weighted by Gasteiger charge is 2.11. The fourth-order valence-electron chi connectivity index (χ4n) is 2.22. The van der Waals surface area contributed by atoms with Gasteiger partial charge in [0.25, 0.3) is 0 Å². The molecule has 0 aliphatic heterocycles. The van der Waals surface area contributed by atoms with Crippen LogP contribution in [0.2, 0.25) is 0 Å². The maximum Gasteiger partial charge on any atom is 0.185 e. The van der Waals surface area contributed by atoms with Crippen molar-refractivity contribution in [1.82, 2.24) is 4.57 Å². The number of halogens is 1. The molecule has 0 spiro atoms. The lowest BCUT2D eigenvalue weighted by Gasteiger charge is -2.10. The van der Waals surface area contributed by atoms with E-state index < -0.39 is 0 Å². The fourth-order valence-corrected chi connectivity index (χ4v) is 2.22. The molecule has 4 nitrogen and oxygen atoms in total. The molecule has 2 aromatic rings. The number of nitrogens with zero attached hydrogens (tertiary/aromatic N) is 1. The van der Waals surface area contributed by atoms with Gasteiger partial charge in [-0.25, -0.2) is 0 Å². The quantitative estimate of drug-likeness (QED) is 0.693. The van der Waals surface area contributed by atoms with Crippen LogP contribution in [0.4, 0.5) is 0 Å². The summed E-state index contributed by atoms with van der Waals surface area (Å²) in [6.07, 6.45) is 2.59. The monoisotopic (exact) mass is 296 g/mol. The zero-order valence-electron chi connectivity index (χ0n) is 12.3. The molecule has 2 rings (SSSR count). The lowest BCUT2D eigenvalue weighted by molar-refractivity contribution is 0.221. The fraction of sp³-hybridized carbons (Fsp3) is 0.400. The number of hydrogen-bond donors (Lipinski definition) is 1. The van der Waals surface area contributed by atoms with Crippen molar-refractivity contribution in [2.45, 2.75) is 26.4 Å². The number of benzene rings is 1. The van der Waals surface area contributed by atoms with Crippen LogP contribution < -0.4 is 4.74 Å². The summed E-state index contributed by atoms with van der Waals surface area (Å²) in [5.74, 6) is 1.13. The van der Waals surface area contributed by atoms with Gasteiger partial charge >= 0.3 is 0 Å². The molecular formula is C15H21ClN2O2. The van der Waals surface area contributed by atoms with Crippen molar-refractivity contribution in [1.29, 1.82) is 5.41 Å². The Labute approximate surface area is 125 Å². The predicted molar refractivity (Wildman–Crippen MR) is 84.4 cm³/mol. The molecule has 0 atom stereocenters. The smallest absolute Gasteiger partial charge is 0.185 e. The maximum absolute atomic E-state index is 7.88. The summed E-state index contributed by atoms with van der Waals surface area (Å²) in [5.41, 5.74) is 2.22. The van der Waals surface area contributed by atoms with Crippen molar-refractivity contribution in [3.63, 3.8) is 0 Å². The van der Waals surface area contributed by atoms with Crippen molar-refractivity contribution in [2.75, 3.05) is 7.11 Å². The van der Waals surface area contributed by atoms with E-state index in [9.17, 15) is 0 Å². The van der Waals surface area contributed by atoms with Crippen LogP contribution in [-0.4, -0.2) is 23.7 Å². The molecule has 110 valence electrons. The molecule has 0 aliphatic carbocycles. The van der Waals surface area contributed by atoms with Crippen molar-refractivity contribution < 1.29 is 9.47 Å². The Morgan fingerprint density at radius 1 is 1.35 bits per heavy atom. The number of aryl methyl sites for hydroxylation is 1. The third-order valence-electron chi connectivity index (χ3n) is 3.01. The van der Waals surface area contributed by atoms with Crippen LogP contribution in [0.3, 0.4) is 0 Å². The molecule has 1 aromatic heterocycles. The van der Waals surface area contributed by atoms with Crippen LogP contribution in [0.5, 0.6) is 5.75 Å². The minimum Gasteiger partial charge on any atom is -0.497 e. The lowest BCUT2D eigenvalue weighted by Crippen LogP contribution is -2.12. The highest BCUT2D eigenvalue weighted by Crippen LogP contribution is 2.26. The molecule has 0 amide bonds. The Morgan fingerprint density at radius 2 is 2.05 bits per heavy atom. The molecule has 0 radical (unpaired) electrons. The summed E-state index contributed by atoms with van der Waals surface area (Å²) in [4.78, 5) is 0. The van der Waals surface area contributed by atoms with Gasteiger partial charge in [-0.15, -0.1) is 12.4 Å². The summed E-state index contributed by atoms with van der Waals surface area (Å²) in [5, 5.41) is 8.99. The van der Waals surface area contributed by atoms with Gasteiger partial charge in [-0.1, -0.05) is 0 Å². The molecule has 5 heteroatoms. The van der Waals surface area contributed by atoms with Crippen molar-refractivity contribution in [2.24, 2.45) is 7.05 Å². The molecule has 0 saturated carbocycles. The van der Waals surface area contributed by atoms with Gasteiger partial charge in [0.15, 0.2) is 5.90 Å². The minimum absolute atomic E-state index is 0. The first-order valence-electron chi connectivity index (χ1n) is 6.37. The van der Waals surface area contributed by atoms with Crippen LogP contribution in [-0.2, 0) is 18.2 Å². The highest BCUT2D eigenvalue weighted by atomic mass is 35.5. The van der Waals surface area contributed by atoms with E-state index >= 15 is 0 Å².